The van der Waals surface area contributed by atoms with Crippen LogP contribution in [0.15, 0.2) is 48.5 Å². The number of aromatic nitrogens is 2. The predicted molar refractivity (Wildman–Crippen MR) is 126 cm³/mol. The Morgan fingerprint density at radius 3 is 2.25 bits per heavy atom. The van der Waals surface area contributed by atoms with Crippen LogP contribution in [0.1, 0.15) is 30.5 Å². The third-order valence-corrected chi connectivity index (χ3v) is 5.35. The number of hydrogen-bond donors (Lipinski definition) is 3. The van der Waals surface area contributed by atoms with Gasteiger partial charge in [-0.2, -0.15) is 4.98 Å². The van der Waals surface area contributed by atoms with E-state index in [1.807, 2.05) is 25.1 Å². The first-order valence-electron chi connectivity index (χ1n) is 10.8. The number of hydrogen-bond acceptors (Lipinski definition) is 5. The second kappa shape index (κ2) is 9.64. The van der Waals surface area contributed by atoms with Crippen molar-refractivity contribution in [3.8, 4) is 0 Å². The summed E-state index contributed by atoms with van der Waals surface area (Å²) in [6.07, 6.45) is 3.64. The largest absolute Gasteiger partial charge is 0.356 e. The van der Waals surface area contributed by atoms with Crippen molar-refractivity contribution in [3.63, 3.8) is 0 Å². The van der Waals surface area contributed by atoms with Gasteiger partial charge in [-0.25, -0.2) is 14.2 Å². The Morgan fingerprint density at radius 2 is 1.53 bits per heavy atom. The molecule has 3 N–H and O–H groups in total. The predicted octanol–water partition coefficient (Wildman–Crippen LogP) is 5.61. The van der Waals surface area contributed by atoms with Crippen molar-refractivity contribution in [1.82, 2.24) is 9.97 Å². The normalized spacial score (nSPS) is 13.5. The molecule has 1 saturated heterocycles. The molecule has 0 aliphatic carbocycles. The number of anilines is 5. The number of aryl methyl sites for hydroxylation is 2. The molecule has 0 unspecified atom stereocenters. The maximum Gasteiger partial charge on any atom is 0.323 e. The first-order chi connectivity index (χ1) is 15.5. The minimum atomic E-state index is -0.442. The fourth-order valence-electron chi connectivity index (χ4n) is 3.62. The number of piperidine rings is 1. The van der Waals surface area contributed by atoms with E-state index in [1.54, 1.807) is 31.2 Å². The van der Waals surface area contributed by atoms with Gasteiger partial charge in [0.25, 0.3) is 0 Å². The molecular weight excluding hydrogens is 407 g/mol. The molecule has 2 aromatic carbocycles. The van der Waals surface area contributed by atoms with Gasteiger partial charge in [0.2, 0.25) is 5.95 Å². The highest BCUT2D eigenvalue weighted by molar-refractivity contribution is 5.99. The van der Waals surface area contributed by atoms with Crippen molar-refractivity contribution < 1.29 is 9.18 Å². The van der Waals surface area contributed by atoms with Gasteiger partial charge in [0.1, 0.15) is 11.6 Å². The van der Waals surface area contributed by atoms with Crippen LogP contribution in [0, 0.1) is 19.7 Å². The zero-order chi connectivity index (χ0) is 22.5. The van der Waals surface area contributed by atoms with E-state index in [0.717, 1.165) is 30.3 Å². The summed E-state index contributed by atoms with van der Waals surface area (Å²) >= 11 is 0. The number of halogens is 1. The van der Waals surface area contributed by atoms with Crippen LogP contribution in [0.2, 0.25) is 0 Å². The summed E-state index contributed by atoms with van der Waals surface area (Å²) in [5.74, 6) is 1.13. The molecule has 1 aliphatic rings. The minimum Gasteiger partial charge on any atom is -0.356 e. The summed E-state index contributed by atoms with van der Waals surface area (Å²) in [6.45, 7) is 5.68. The minimum absolute atomic E-state index is 0.361. The number of nitrogens with one attached hydrogen (secondary N) is 3. The third-order valence-electron chi connectivity index (χ3n) is 5.35. The average molecular weight is 435 g/mol. The van der Waals surface area contributed by atoms with Gasteiger partial charge in [-0.1, -0.05) is 6.07 Å². The van der Waals surface area contributed by atoms with Crippen LogP contribution < -0.4 is 20.9 Å². The molecule has 0 atom stereocenters. The highest BCUT2D eigenvalue weighted by Crippen LogP contribution is 2.22. The number of rotatable bonds is 5. The Balaban J connectivity index is 1.38. The topological polar surface area (TPSA) is 82.2 Å². The lowest BCUT2D eigenvalue weighted by molar-refractivity contribution is 0.262. The second-order valence-corrected chi connectivity index (χ2v) is 7.98. The van der Waals surface area contributed by atoms with Crippen LogP contribution in [0.5, 0.6) is 0 Å². The molecule has 8 heteroatoms. The van der Waals surface area contributed by atoms with E-state index in [2.05, 4.69) is 30.8 Å². The van der Waals surface area contributed by atoms with Gasteiger partial charge in [-0.15, -0.1) is 0 Å². The van der Waals surface area contributed by atoms with Crippen LogP contribution in [-0.2, 0) is 0 Å². The Bertz CT molecular complexity index is 1100. The van der Waals surface area contributed by atoms with E-state index in [0.29, 0.717) is 22.9 Å². The van der Waals surface area contributed by atoms with E-state index in [4.69, 9.17) is 0 Å². The summed E-state index contributed by atoms with van der Waals surface area (Å²) in [4.78, 5) is 23.7. The van der Waals surface area contributed by atoms with Crippen LogP contribution in [0.25, 0.3) is 0 Å². The molecule has 0 bridgehead atoms. The van der Waals surface area contributed by atoms with E-state index < -0.39 is 6.03 Å². The second-order valence-electron chi connectivity index (χ2n) is 7.98. The zero-order valence-electron chi connectivity index (χ0n) is 18.3. The molecule has 0 radical (unpaired) electrons. The molecule has 4 rings (SSSR count). The van der Waals surface area contributed by atoms with Gasteiger partial charge in [0.05, 0.1) is 0 Å². The van der Waals surface area contributed by atoms with Crippen LogP contribution >= 0.6 is 0 Å². The molecule has 2 heterocycles. The first-order valence-corrected chi connectivity index (χ1v) is 10.8. The maximum atomic E-state index is 13.6. The third kappa shape index (κ3) is 5.51. The van der Waals surface area contributed by atoms with Crippen LogP contribution in [0.3, 0.4) is 0 Å². The molecule has 1 aliphatic heterocycles. The number of carbonyl (C=O) groups is 1. The van der Waals surface area contributed by atoms with Crippen LogP contribution in [-0.4, -0.2) is 29.1 Å². The van der Waals surface area contributed by atoms with E-state index in [1.165, 1.54) is 25.3 Å². The number of carbonyl (C=O) groups excluding carboxylic acids is 1. The molecule has 0 saturated carbocycles. The van der Waals surface area contributed by atoms with Crippen molar-refractivity contribution in [2.75, 3.05) is 33.9 Å². The van der Waals surface area contributed by atoms with Crippen molar-refractivity contribution >= 4 is 34.9 Å². The summed E-state index contributed by atoms with van der Waals surface area (Å²) in [5, 5.41) is 8.60. The lowest BCUT2D eigenvalue weighted by Gasteiger charge is -2.28. The van der Waals surface area contributed by atoms with Crippen molar-refractivity contribution in [2.24, 2.45) is 0 Å². The van der Waals surface area contributed by atoms with Gasteiger partial charge in [0.15, 0.2) is 0 Å². The summed E-state index contributed by atoms with van der Waals surface area (Å²) in [5.41, 5.74) is 3.25. The maximum absolute atomic E-state index is 13.6. The van der Waals surface area contributed by atoms with Gasteiger partial charge in [-0.3, -0.25) is 0 Å². The van der Waals surface area contributed by atoms with Gasteiger partial charge < -0.3 is 20.9 Å². The quantitative estimate of drug-likeness (QED) is 0.486. The number of benzene rings is 2. The van der Waals surface area contributed by atoms with E-state index in [9.17, 15) is 9.18 Å². The smallest absolute Gasteiger partial charge is 0.323 e. The number of amides is 2. The highest BCUT2D eigenvalue weighted by atomic mass is 19.1. The van der Waals surface area contributed by atoms with Gasteiger partial charge in [0, 0.05) is 41.9 Å². The Morgan fingerprint density at radius 1 is 0.875 bits per heavy atom. The molecule has 3 aromatic rings. The Labute approximate surface area is 187 Å². The lowest BCUT2D eigenvalue weighted by atomic mass is 10.1. The fraction of sp³-hybridized carbons (Fsp3) is 0.292. The molecule has 32 heavy (non-hydrogen) atoms. The summed E-state index contributed by atoms with van der Waals surface area (Å²) < 4.78 is 13.6. The first kappa shape index (κ1) is 21.5. The molecule has 1 fully saturated rings. The van der Waals surface area contributed by atoms with Crippen molar-refractivity contribution in [2.45, 2.75) is 33.1 Å². The summed E-state index contributed by atoms with van der Waals surface area (Å²) in [7, 11) is 0. The number of nitrogens with zero attached hydrogens (tertiary/aromatic N) is 3. The van der Waals surface area contributed by atoms with Crippen molar-refractivity contribution in [1.29, 1.82) is 0 Å². The van der Waals surface area contributed by atoms with Crippen LogP contribution in [0.4, 0.5) is 38.0 Å². The average Bonchev–Trinajstić information content (AvgIpc) is 2.78. The van der Waals surface area contributed by atoms with E-state index >= 15 is 0 Å². The number of urea groups is 1. The Hall–Kier alpha value is -3.68. The SMILES string of the molecule is Cc1cc(N2CCCCC2)nc(Nc2ccc(NC(=O)Nc3ccc(C)c(F)c3)cc2)n1. The fourth-order valence-corrected chi connectivity index (χ4v) is 3.62. The highest BCUT2D eigenvalue weighted by Gasteiger charge is 2.14. The molecular formula is C24H27FN6O. The molecule has 1 aromatic heterocycles. The van der Waals surface area contributed by atoms with E-state index in [-0.39, 0.29) is 5.82 Å². The van der Waals surface area contributed by atoms with Gasteiger partial charge in [-0.05, 0) is 75.1 Å². The van der Waals surface area contributed by atoms with Gasteiger partial charge >= 0.3 is 6.03 Å². The monoisotopic (exact) mass is 434 g/mol. The Kier molecular flexibility index (Phi) is 6.49. The molecule has 2 amide bonds. The lowest BCUT2D eigenvalue weighted by Crippen LogP contribution is -2.30. The van der Waals surface area contributed by atoms with Crippen molar-refractivity contribution in [3.05, 3.63) is 65.6 Å². The molecule has 0 spiro atoms. The standard InChI is InChI=1S/C24H27FN6O/c1-16-6-7-20(15-21(16)25)29-24(32)28-19-10-8-18(9-11-19)27-23-26-17(2)14-22(30-23)31-12-4-3-5-13-31/h6-11,14-15H,3-5,12-13H2,1-2H3,(H,26,27,30)(H2,28,29,32). The molecule has 7 nitrogen and oxygen atoms in total. The zero-order valence-corrected chi connectivity index (χ0v) is 18.3. The molecule has 166 valence electrons. The summed E-state index contributed by atoms with van der Waals surface area (Å²) in [6, 6.07) is 13.4.